The van der Waals surface area contributed by atoms with E-state index in [-0.39, 0.29) is 5.78 Å². The topological polar surface area (TPSA) is 54.4 Å². The Morgan fingerprint density at radius 1 is 1.17 bits per heavy atom. The van der Waals surface area contributed by atoms with E-state index in [1.165, 1.54) is 0 Å². The Hall–Kier alpha value is -1.64. The number of ketones is 1. The van der Waals surface area contributed by atoms with E-state index in [1.54, 1.807) is 38.1 Å². The number of aliphatic carboxylic acids is 1. The maximum Gasteiger partial charge on any atom is 0.313 e. The van der Waals surface area contributed by atoms with Gasteiger partial charge in [0.05, 0.1) is 5.41 Å². The third kappa shape index (κ3) is 3.19. The van der Waals surface area contributed by atoms with Crippen molar-refractivity contribution in [2.75, 3.05) is 0 Å². The molecular weight excluding hydrogens is 228 g/mol. The van der Waals surface area contributed by atoms with Crippen LogP contribution in [0.3, 0.4) is 0 Å². The monoisotopic (exact) mass is 248 g/mol. The normalized spacial score (nSPS) is 11.3. The second kappa shape index (κ2) is 5.80. The minimum atomic E-state index is -0.926. The molecule has 0 saturated carbocycles. The summed E-state index contributed by atoms with van der Waals surface area (Å²) < 4.78 is 0. The first-order valence-electron chi connectivity index (χ1n) is 6.26. The number of benzene rings is 1. The fourth-order valence-electron chi connectivity index (χ4n) is 1.68. The molecule has 0 bridgehead atoms. The molecule has 3 heteroatoms. The van der Waals surface area contributed by atoms with E-state index in [1.807, 2.05) is 6.92 Å². The number of carboxylic acid groups (broad SMARTS) is 1. The summed E-state index contributed by atoms with van der Waals surface area (Å²) in [6.45, 7) is 5.36. The average molecular weight is 248 g/mol. The van der Waals surface area contributed by atoms with Crippen molar-refractivity contribution in [3.63, 3.8) is 0 Å². The molecule has 1 N–H and O–H groups in total. The molecule has 0 aliphatic heterocycles. The van der Waals surface area contributed by atoms with Gasteiger partial charge in [0.15, 0.2) is 5.78 Å². The minimum Gasteiger partial charge on any atom is -0.481 e. The van der Waals surface area contributed by atoms with Crippen LogP contribution in [0.15, 0.2) is 24.3 Å². The zero-order valence-electron chi connectivity index (χ0n) is 11.2. The maximum atomic E-state index is 11.8. The Kier molecular flexibility index (Phi) is 4.65. The molecular formula is C15H20O3. The Morgan fingerprint density at radius 2 is 1.72 bits per heavy atom. The summed E-state index contributed by atoms with van der Waals surface area (Å²) in [4.78, 5) is 22.9. The number of carboxylic acids is 1. The number of Topliss-reactive ketones (excluding diaryl/α,β-unsaturated/α-hetero) is 1. The van der Waals surface area contributed by atoms with E-state index >= 15 is 0 Å². The number of hydrogen-bond acceptors (Lipinski definition) is 2. The first kappa shape index (κ1) is 14.4. The molecule has 0 fully saturated rings. The highest BCUT2D eigenvalue weighted by atomic mass is 16.4. The second-order valence-electron chi connectivity index (χ2n) is 5.03. The number of rotatable bonds is 6. The Labute approximate surface area is 108 Å². The first-order valence-corrected chi connectivity index (χ1v) is 6.26. The van der Waals surface area contributed by atoms with E-state index in [9.17, 15) is 9.59 Å². The Bertz CT molecular complexity index is 430. The van der Waals surface area contributed by atoms with Gasteiger partial charge >= 0.3 is 5.97 Å². The molecule has 18 heavy (non-hydrogen) atoms. The molecule has 0 unspecified atom stereocenters. The smallest absolute Gasteiger partial charge is 0.313 e. The quantitative estimate of drug-likeness (QED) is 0.785. The molecule has 1 aromatic carbocycles. The van der Waals surface area contributed by atoms with E-state index < -0.39 is 11.4 Å². The van der Waals surface area contributed by atoms with Crippen molar-refractivity contribution in [1.29, 1.82) is 0 Å². The molecule has 98 valence electrons. The van der Waals surface area contributed by atoms with Gasteiger partial charge in [-0.15, -0.1) is 0 Å². The molecule has 0 amide bonds. The SMILES string of the molecule is CCCCC(=O)c1ccc(C(C)(C)C(=O)O)cc1. The summed E-state index contributed by atoms with van der Waals surface area (Å²) in [7, 11) is 0. The van der Waals surface area contributed by atoms with Gasteiger partial charge in [-0.1, -0.05) is 37.6 Å². The summed E-state index contributed by atoms with van der Waals surface area (Å²) in [6.07, 6.45) is 2.44. The molecule has 0 heterocycles. The highest BCUT2D eigenvalue weighted by Gasteiger charge is 2.29. The van der Waals surface area contributed by atoms with Gasteiger partial charge in [0.2, 0.25) is 0 Å². The van der Waals surface area contributed by atoms with E-state index in [0.29, 0.717) is 17.5 Å². The first-order chi connectivity index (χ1) is 8.39. The standard InChI is InChI=1S/C15H20O3/c1-4-5-6-13(16)11-7-9-12(10-8-11)15(2,3)14(17)18/h7-10H,4-6H2,1-3H3,(H,17,18). The predicted octanol–water partition coefficient (Wildman–Crippen LogP) is 3.42. The molecule has 0 aromatic heterocycles. The van der Waals surface area contributed by atoms with Crippen LogP contribution in [0.5, 0.6) is 0 Å². The van der Waals surface area contributed by atoms with Gasteiger partial charge < -0.3 is 5.11 Å². The van der Waals surface area contributed by atoms with Gasteiger partial charge in [0.1, 0.15) is 0 Å². The highest BCUT2D eigenvalue weighted by Crippen LogP contribution is 2.24. The minimum absolute atomic E-state index is 0.122. The largest absolute Gasteiger partial charge is 0.481 e. The van der Waals surface area contributed by atoms with E-state index in [2.05, 4.69) is 0 Å². The van der Waals surface area contributed by atoms with Crippen LogP contribution in [0.1, 0.15) is 56.0 Å². The molecule has 1 aromatic rings. The van der Waals surface area contributed by atoms with Crippen molar-refractivity contribution in [2.45, 2.75) is 45.4 Å². The van der Waals surface area contributed by atoms with Crippen LogP contribution in [0.25, 0.3) is 0 Å². The molecule has 0 aliphatic rings. The number of carbonyl (C=O) groups excluding carboxylic acids is 1. The van der Waals surface area contributed by atoms with Crippen molar-refractivity contribution in [3.05, 3.63) is 35.4 Å². The van der Waals surface area contributed by atoms with Crippen LogP contribution in [0, 0.1) is 0 Å². The Morgan fingerprint density at radius 3 is 2.17 bits per heavy atom. The lowest BCUT2D eigenvalue weighted by Gasteiger charge is -2.19. The van der Waals surface area contributed by atoms with Crippen molar-refractivity contribution in [2.24, 2.45) is 0 Å². The lowest BCUT2D eigenvalue weighted by Crippen LogP contribution is -2.28. The van der Waals surface area contributed by atoms with Crippen LogP contribution in [0.2, 0.25) is 0 Å². The van der Waals surface area contributed by atoms with Crippen LogP contribution >= 0.6 is 0 Å². The van der Waals surface area contributed by atoms with Crippen molar-refractivity contribution in [3.8, 4) is 0 Å². The number of hydrogen-bond donors (Lipinski definition) is 1. The number of unbranched alkanes of at least 4 members (excludes halogenated alkanes) is 1. The molecule has 0 atom stereocenters. The molecule has 3 nitrogen and oxygen atoms in total. The fraction of sp³-hybridized carbons (Fsp3) is 0.467. The highest BCUT2D eigenvalue weighted by molar-refractivity contribution is 5.96. The van der Waals surface area contributed by atoms with Gasteiger partial charge in [-0.05, 0) is 25.8 Å². The van der Waals surface area contributed by atoms with Gasteiger partial charge in [0, 0.05) is 12.0 Å². The Balaban J connectivity index is 2.86. The molecule has 0 spiro atoms. The second-order valence-corrected chi connectivity index (χ2v) is 5.03. The van der Waals surface area contributed by atoms with Gasteiger partial charge in [-0.3, -0.25) is 9.59 Å². The van der Waals surface area contributed by atoms with Crippen molar-refractivity contribution in [1.82, 2.24) is 0 Å². The third-order valence-electron chi connectivity index (χ3n) is 3.22. The van der Waals surface area contributed by atoms with Crippen LogP contribution in [-0.4, -0.2) is 16.9 Å². The molecule has 1 rings (SSSR count). The van der Waals surface area contributed by atoms with Gasteiger partial charge in [-0.2, -0.15) is 0 Å². The van der Waals surface area contributed by atoms with Crippen LogP contribution in [-0.2, 0) is 10.2 Å². The average Bonchev–Trinajstić information content (AvgIpc) is 2.35. The van der Waals surface area contributed by atoms with Crippen LogP contribution < -0.4 is 0 Å². The lowest BCUT2D eigenvalue weighted by molar-refractivity contribution is -0.142. The van der Waals surface area contributed by atoms with Crippen molar-refractivity contribution >= 4 is 11.8 Å². The predicted molar refractivity (Wildman–Crippen MR) is 71.0 cm³/mol. The van der Waals surface area contributed by atoms with Gasteiger partial charge in [-0.25, -0.2) is 0 Å². The fourth-order valence-corrected chi connectivity index (χ4v) is 1.68. The maximum absolute atomic E-state index is 11.8. The summed E-state index contributed by atoms with van der Waals surface area (Å²) in [5.74, 6) is -0.746. The summed E-state index contributed by atoms with van der Waals surface area (Å²) in [5, 5.41) is 9.12. The van der Waals surface area contributed by atoms with E-state index in [0.717, 1.165) is 12.8 Å². The van der Waals surface area contributed by atoms with Crippen molar-refractivity contribution < 1.29 is 14.7 Å². The summed E-state index contributed by atoms with van der Waals surface area (Å²) >= 11 is 0. The lowest BCUT2D eigenvalue weighted by atomic mass is 9.84. The van der Waals surface area contributed by atoms with Gasteiger partial charge in [0.25, 0.3) is 0 Å². The third-order valence-corrected chi connectivity index (χ3v) is 3.22. The van der Waals surface area contributed by atoms with E-state index in [4.69, 9.17) is 5.11 Å². The summed E-state index contributed by atoms with van der Waals surface area (Å²) in [5.41, 5.74) is 0.445. The molecule has 0 saturated heterocycles. The molecule has 0 aliphatic carbocycles. The molecule has 0 radical (unpaired) electrons. The zero-order chi connectivity index (χ0) is 13.8. The zero-order valence-corrected chi connectivity index (χ0v) is 11.2. The summed E-state index contributed by atoms with van der Waals surface area (Å²) in [6, 6.07) is 6.90. The number of carbonyl (C=O) groups is 2. The van der Waals surface area contributed by atoms with Crippen LogP contribution in [0.4, 0.5) is 0 Å².